The molecule has 0 saturated heterocycles. The Balaban J connectivity index is 2.06. The van der Waals surface area contributed by atoms with E-state index in [0.717, 1.165) is 0 Å². The van der Waals surface area contributed by atoms with Crippen molar-refractivity contribution >= 4 is 17.6 Å². The number of carbonyl (C=O) groups excluding carboxylic acids is 1. The number of nitrogens with one attached hydrogen (secondary N) is 2. The lowest BCUT2D eigenvalue weighted by molar-refractivity contribution is 0.0691. The zero-order valence-electron chi connectivity index (χ0n) is 11.3. The monoisotopic (exact) mass is 286 g/mol. The lowest BCUT2D eigenvalue weighted by Gasteiger charge is -2.10. The topological polar surface area (TPSA) is 87.7 Å². The van der Waals surface area contributed by atoms with Crippen molar-refractivity contribution in [3.05, 3.63) is 59.7 Å². The molecule has 0 bridgehead atoms. The summed E-state index contributed by atoms with van der Waals surface area (Å²) in [6.45, 7) is 0. The van der Waals surface area contributed by atoms with Crippen molar-refractivity contribution in [1.82, 2.24) is 5.43 Å². The third kappa shape index (κ3) is 3.50. The van der Waals surface area contributed by atoms with Gasteiger partial charge in [-0.15, -0.1) is 0 Å². The molecule has 0 unspecified atom stereocenters. The summed E-state index contributed by atoms with van der Waals surface area (Å²) in [5.74, 6) is -0.975. The number of ether oxygens (including phenoxy) is 1. The van der Waals surface area contributed by atoms with E-state index in [0.29, 0.717) is 11.4 Å². The first-order valence-electron chi connectivity index (χ1n) is 6.14. The van der Waals surface area contributed by atoms with E-state index in [1.807, 2.05) is 0 Å². The summed E-state index contributed by atoms with van der Waals surface area (Å²) >= 11 is 0. The molecule has 0 heterocycles. The van der Waals surface area contributed by atoms with Crippen molar-refractivity contribution < 1.29 is 19.4 Å². The Labute approximate surface area is 121 Å². The predicted molar refractivity (Wildman–Crippen MR) is 77.5 cm³/mol. The van der Waals surface area contributed by atoms with Gasteiger partial charge in [-0.1, -0.05) is 12.1 Å². The van der Waals surface area contributed by atoms with Crippen molar-refractivity contribution in [3.8, 4) is 5.75 Å². The lowest BCUT2D eigenvalue weighted by atomic mass is 10.1. The highest BCUT2D eigenvalue weighted by Gasteiger charge is 2.15. The van der Waals surface area contributed by atoms with Crippen molar-refractivity contribution in [2.45, 2.75) is 0 Å². The molecule has 0 aliphatic heterocycles. The van der Waals surface area contributed by atoms with Crippen LogP contribution in [0.15, 0.2) is 48.5 Å². The predicted octanol–water partition coefficient (Wildman–Crippen LogP) is 2.15. The Morgan fingerprint density at radius 2 is 1.62 bits per heavy atom. The number of rotatable bonds is 5. The maximum absolute atomic E-state index is 12.0. The van der Waals surface area contributed by atoms with Crippen LogP contribution in [0, 0.1) is 0 Å². The Morgan fingerprint density at radius 3 is 2.19 bits per heavy atom. The fraction of sp³-hybridized carbons (Fsp3) is 0.0667. The Morgan fingerprint density at radius 1 is 1.00 bits per heavy atom. The zero-order chi connectivity index (χ0) is 15.2. The Bertz CT molecular complexity index is 653. The number of hydrogen-bond donors (Lipinski definition) is 3. The highest BCUT2D eigenvalue weighted by molar-refractivity contribution is 6.05. The first kappa shape index (κ1) is 14.4. The quantitative estimate of drug-likeness (QED) is 0.733. The summed E-state index contributed by atoms with van der Waals surface area (Å²) in [7, 11) is 1.56. The van der Waals surface area contributed by atoms with Gasteiger partial charge in [0.1, 0.15) is 5.75 Å². The van der Waals surface area contributed by atoms with Crippen LogP contribution < -0.4 is 15.6 Å². The molecule has 0 radical (unpaired) electrons. The summed E-state index contributed by atoms with van der Waals surface area (Å²) in [5.41, 5.74) is 5.86. The van der Waals surface area contributed by atoms with Crippen molar-refractivity contribution in [3.63, 3.8) is 0 Å². The average Bonchev–Trinajstić information content (AvgIpc) is 2.53. The lowest BCUT2D eigenvalue weighted by Crippen LogP contribution is -2.30. The van der Waals surface area contributed by atoms with Gasteiger partial charge in [0.25, 0.3) is 5.91 Å². The third-order valence-electron chi connectivity index (χ3n) is 2.81. The van der Waals surface area contributed by atoms with E-state index in [9.17, 15) is 9.59 Å². The molecule has 0 spiro atoms. The molecular formula is C15H14N2O4. The number of anilines is 1. The molecule has 0 atom stereocenters. The summed E-state index contributed by atoms with van der Waals surface area (Å²) in [6.07, 6.45) is 0. The van der Waals surface area contributed by atoms with E-state index in [2.05, 4.69) is 10.9 Å². The van der Waals surface area contributed by atoms with Gasteiger partial charge < -0.3 is 9.84 Å². The first-order valence-corrected chi connectivity index (χ1v) is 6.14. The minimum Gasteiger partial charge on any atom is -0.497 e. The summed E-state index contributed by atoms with van der Waals surface area (Å²) in [6, 6.07) is 12.9. The summed E-state index contributed by atoms with van der Waals surface area (Å²) in [4.78, 5) is 23.1. The fourth-order valence-electron chi connectivity index (χ4n) is 1.74. The van der Waals surface area contributed by atoms with Gasteiger partial charge in [0.05, 0.1) is 23.9 Å². The van der Waals surface area contributed by atoms with Crippen LogP contribution in [-0.2, 0) is 0 Å². The Hall–Kier alpha value is -3.02. The van der Waals surface area contributed by atoms with Crippen molar-refractivity contribution in [1.29, 1.82) is 0 Å². The molecule has 0 aliphatic carbocycles. The highest BCUT2D eigenvalue weighted by atomic mass is 16.5. The second kappa shape index (κ2) is 6.42. The molecule has 6 nitrogen and oxygen atoms in total. The van der Waals surface area contributed by atoms with Gasteiger partial charge in [0.2, 0.25) is 0 Å². The number of carboxylic acids is 1. The van der Waals surface area contributed by atoms with Gasteiger partial charge in [-0.25, -0.2) is 4.79 Å². The smallest absolute Gasteiger partial charge is 0.336 e. The molecule has 0 fully saturated rings. The maximum atomic E-state index is 12.0. The normalized spacial score (nSPS) is 9.76. The molecule has 2 aromatic rings. The maximum Gasteiger partial charge on any atom is 0.336 e. The van der Waals surface area contributed by atoms with E-state index in [4.69, 9.17) is 9.84 Å². The van der Waals surface area contributed by atoms with Gasteiger partial charge >= 0.3 is 5.97 Å². The van der Waals surface area contributed by atoms with Gasteiger partial charge in [0, 0.05) is 0 Å². The van der Waals surface area contributed by atoms with Crippen LogP contribution in [0.25, 0.3) is 0 Å². The SMILES string of the molecule is COc1ccc(NNC(=O)c2ccccc2C(=O)O)cc1. The van der Waals surface area contributed by atoms with Crippen LogP contribution in [-0.4, -0.2) is 24.1 Å². The van der Waals surface area contributed by atoms with Crippen LogP contribution in [0.2, 0.25) is 0 Å². The number of amides is 1. The van der Waals surface area contributed by atoms with Gasteiger partial charge in [-0.2, -0.15) is 0 Å². The van der Waals surface area contributed by atoms with Gasteiger partial charge in [-0.05, 0) is 36.4 Å². The van der Waals surface area contributed by atoms with Crippen molar-refractivity contribution in [2.24, 2.45) is 0 Å². The summed E-state index contributed by atoms with van der Waals surface area (Å²) in [5, 5.41) is 9.04. The summed E-state index contributed by atoms with van der Waals surface area (Å²) < 4.78 is 5.03. The van der Waals surface area contributed by atoms with E-state index in [1.165, 1.54) is 12.1 Å². The minimum absolute atomic E-state index is 0.0495. The number of hydrazine groups is 1. The number of benzene rings is 2. The molecular weight excluding hydrogens is 272 g/mol. The molecule has 21 heavy (non-hydrogen) atoms. The van der Waals surface area contributed by atoms with Crippen LogP contribution in [0.3, 0.4) is 0 Å². The van der Waals surface area contributed by atoms with Crippen LogP contribution in [0.4, 0.5) is 5.69 Å². The van der Waals surface area contributed by atoms with Crippen molar-refractivity contribution in [2.75, 3.05) is 12.5 Å². The molecule has 3 N–H and O–H groups in total. The van der Waals surface area contributed by atoms with E-state index >= 15 is 0 Å². The minimum atomic E-state index is -1.15. The second-order valence-corrected chi connectivity index (χ2v) is 4.16. The van der Waals surface area contributed by atoms with E-state index < -0.39 is 11.9 Å². The van der Waals surface area contributed by atoms with Crippen LogP contribution in [0.5, 0.6) is 5.75 Å². The van der Waals surface area contributed by atoms with E-state index in [1.54, 1.807) is 43.5 Å². The molecule has 2 rings (SSSR count). The second-order valence-electron chi connectivity index (χ2n) is 4.16. The zero-order valence-corrected chi connectivity index (χ0v) is 11.3. The number of carbonyl (C=O) groups is 2. The van der Waals surface area contributed by atoms with Gasteiger partial charge in [0.15, 0.2) is 0 Å². The molecule has 0 aromatic heterocycles. The van der Waals surface area contributed by atoms with Crippen LogP contribution >= 0.6 is 0 Å². The number of hydrogen-bond acceptors (Lipinski definition) is 4. The third-order valence-corrected chi connectivity index (χ3v) is 2.81. The molecule has 108 valence electrons. The largest absolute Gasteiger partial charge is 0.497 e. The average molecular weight is 286 g/mol. The molecule has 2 aromatic carbocycles. The fourth-order valence-corrected chi connectivity index (χ4v) is 1.74. The first-order chi connectivity index (χ1) is 10.1. The van der Waals surface area contributed by atoms with Crippen LogP contribution in [0.1, 0.15) is 20.7 Å². The van der Waals surface area contributed by atoms with Gasteiger partial charge in [-0.3, -0.25) is 15.6 Å². The molecule has 0 aliphatic rings. The number of methoxy groups -OCH3 is 1. The number of aromatic carboxylic acids is 1. The number of carboxylic acid groups (broad SMARTS) is 1. The highest BCUT2D eigenvalue weighted by Crippen LogP contribution is 2.14. The molecule has 0 saturated carbocycles. The molecule has 1 amide bonds. The Kier molecular flexibility index (Phi) is 4.40. The standard InChI is InChI=1S/C15H14N2O4/c1-21-11-8-6-10(7-9-11)16-17-14(18)12-4-2-3-5-13(12)15(19)20/h2-9,16H,1H3,(H,17,18)(H,19,20). The molecule has 6 heteroatoms. The van der Waals surface area contributed by atoms with E-state index in [-0.39, 0.29) is 11.1 Å².